The standard InChI is InChI=1S/C28H28Cl2N2O8/c1-3-21(35)28(38)32(12-14-4-5-18(29)19(30)9-14)20-11-17(27(37)31-6-7-33)23-16-8-15(13-34)10-22(39-2)25(16)40-26(23)24(20)36/h4-5,8-11,13,20,23-24,26,33,36H,3,6-7,12H2,1-2H3,(H,31,37). The molecule has 0 saturated carbocycles. The van der Waals surface area contributed by atoms with E-state index in [1.165, 1.54) is 24.2 Å². The fourth-order valence-electron chi connectivity index (χ4n) is 5.02. The molecular formula is C28H28Cl2N2O8. The Balaban J connectivity index is 1.85. The van der Waals surface area contributed by atoms with Gasteiger partial charge in [0, 0.05) is 36.2 Å². The molecule has 0 bridgehead atoms. The summed E-state index contributed by atoms with van der Waals surface area (Å²) in [6.45, 7) is 1.05. The lowest BCUT2D eigenvalue weighted by Gasteiger charge is -2.40. The number of nitrogens with zero attached hydrogens (tertiary/aromatic N) is 1. The highest BCUT2D eigenvalue weighted by atomic mass is 35.5. The van der Waals surface area contributed by atoms with E-state index < -0.39 is 41.8 Å². The van der Waals surface area contributed by atoms with E-state index in [4.69, 9.17) is 32.7 Å². The van der Waals surface area contributed by atoms with Gasteiger partial charge in [0.2, 0.25) is 11.7 Å². The first-order valence-corrected chi connectivity index (χ1v) is 13.3. The Bertz CT molecular complexity index is 1380. The van der Waals surface area contributed by atoms with Gasteiger partial charge in [-0.15, -0.1) is 0 Å². The van der Waals surface area contributed by atoms with Crippen LogP contribution >= 0.6 is 23.2 Å². The summed E-state index contributed by atoms with van der Waals surface area (Å²) in [4.78, 5) is 52.1. The minimum atomic E-state index is -1.40. The van der Waals surface area contributed by atoms with E-state index in [-0.39, 0.29) is 53.8 Å². The van der Waals surface area contributed by atoms with E-state index in [0.29, 0.717) is 22.4 Å². The molecule has 0 aromatic heterocycles. The number of fused-ring (bicyclic) bond motifs is 3. The van der Waals surface area contributed by atoms with E-state index in [9.17, 15) is 29.4 Å². The van der Waals surface area contributed by atoms with Crippen LogP contribution < -0.4 is 14.8 Å². The van der Waals surface area contributed by atoms with Crippen molar-refractivity contribution in [2.24, 2.45) is 0 Å². The van der Waals surface area contributed by atoms with Gasteiger partial charge in [-0.3, -0.25) is 19.2 Å². The number of aldehydes is 1. The Hall–Kier alpha value is -3.44. The van der Waals surface area contributed by atoms with E-state index in [0.717, 1.165) is 0 Å². The van der Waals surface area contributed by atoms with Crippen LogP contribution in [0.3, 0.4) is 0 Å². The molecule has 0 radical (unpaired) electrons. The smallest absolute Gasteiger partial charge is 0.290 e. The van der Waals surface area contributed by atoms with Gasteiger partial charge in [0.25, 0.3) is 5.91 Å². The number of ketones is 1. The number of rotatable bonds is 10. The van der Waals surface area contributed by atoms with Gasteiger partial charge in [-0.2, -0.15) is 0 Å². The number of aliphatic hydroxyl groups is 2. The molecule has 4 unspecified atom stereocenters. The van der Waals surface area contributed by atoms with E-state index in [2.05, 4.69) is 5.32 Å². The topological polar surface area (TPSA) is 142 Å². The molecule has 2 aliphatic rings. The zero-order valence-corrected chi connectivity index (χ0v) is 23.2. The van der Waals surface area contributed by atoms with Crippen molar-refractivity contribution >= 4 is 47.1 Å². The number of hydrogen-bond donors (Lipinski definition) is 3. The summed E-state index contributed by atoms with van der Waals surface area (Å²) < 4.78 is 11.5. The number of benzene rings is 2. The van der Waals surface area contributed by atoms with Crippen LogP contribution in [0, 0.1) is 0 Å². The quantitative estimate of drug-likeness (QED) is 0.283. The van der Waals surface area contributed by atoms with Crippen molar-refractivity contribution in [3.05, 3.63) is 68.7 Å². The van der Waals surface area contributed by atoms with Gasteiger partial charge in [0.1, 0.15) is 18.5 Å². The van der Waals surface area contributed by atoms with Crippen molar-refractivity contribution in [2.45, 2.75) is 44.1 Å². The van der Waals surface area contributed by atoms with Crippen molar-refractivity contribution in [1.82, 2.24) is 10.2 Å². The Kier molecular flexibility index (Phi) is 9.15. The molecule has 0 saturated heterocycles. The third-order valence-corrected chi connectivity index (χ3v) is 7.67. The van der Waals surface area contributed by atoms with Gasteiger partial charge in [-0.1, -0.05) is 36.2 Å². The molecule has 10 nitrogen and oxygen atoms in total. The second-order valence-electron chi connectivity index (χ2n) is 9.36. The Morgan fingerprint density at radius 3 is 2.55 bits per heavy atom. The molecule has 40 heavy (non-hydrogen) atoms. The van der Waals surface area contributed by atoms with Crippen LogP contribution in [0.25, 0.3) is 0 Å². The van der Waals surface area contributed by atoms with Gasteiger partial charge in [0.05, 0.1) is 35.7 Å². The van der Waals surface area contributed by atoms with Crippen LogP contribution in [0.4, 0.5) is 0 Å². The zero-order valence-electron chi connectivity index (χ0n) is 21.7. The predicted octanol–water partition coefficient (Wildman–Crippen LogP) is 2.45. The number of methoxy groups -OCH3 is 1. The van der Waals surface area contributed by atoms with Crippen molar-refractivity contribution in [2.75, 3.05) is 20.3 Å². The van der Waals surface area contributed by atoms with Gasteiger partial charge in [-0.05, 0) is 35.9 Å². The highest BCUT2D eigenvalue weighted by molar-refractivity contribution is 6.42. The van der Waals surface area contributed by atoms with E-state index in [1.54, 1.807) is 31.2 Å². The van der Waals surface area contributed by atoms with Crippen LogP contribution in [0.1, 0.15) is 40.7 Å². The normalized spacial score (nSPS) is 20.9. The molecule has 12 heteroatoms. The number of ether oxygens (including phenoxy) is 2. The summed E-state index contributed by atoms with van der Waals surface area (Å²) in [5.41, 5.74) is 1.39. The number of carbonyl (C=O) groups excluding carboxylic acids is 4. The number of nitrogens with one attached hydrogen (secondary N) is 1. The molecule has 4 rings (SSSR count). The Morgan fingerprint density at radius 2 is 1.93 bits per heavy atom. The maximum atomic E-state index is 13.4. The molecule has 4 atom stereocenters. The predicted molar refractivity (Wildman–Crippen MR) is 146 cm³/mol. The molecule has 212 valence electrons. The number of aliphatic hydroxyl groups excluding tert-OH is 2. The average molecular weight is 591 g/mol. The molecule has 1 heterocycles. The third-order valence-electron chi connectivity index (χ3n) is 6.93. The summed E-state index contributed by atoms with van der Waals surface area (Å²) in [6, 6.07) is 6.59. The fourth-order valence-corrected chi connectivity index (χ4v) is 5.34. The van der Waals surface area contributed by atoms with E-state index in [1.807, 2.05) is 0 Å². The van der Waals surface area contributed by atoms with Crippen molar-refractivity contribution in [3.63, 3.8) is 0 Å². The number of hydrogen-bond acceptors (Lipinski definition) is 8. The van der Waals surface area contributed by atoms with E-state index >= 15 is 0 Å². The third kappa shape index (κ3) is 5.57. The number of Topliss-reactive ketones (excluding diaryl/α,β-unsaturated/α-hetero) is 1. The van der Waals surface area contributed by atoms with Gasteiger partial charge >= 0.3 is 0 Å². The fraction of sp³-hybridized carbons (Fsp3) is 0.357. The molecule has 2 aromatic carbocycles. The molecule has 0 spiro atoms. The van der Waals surface area contributed by atoms with Crippen LogP contribution in [-0.2, 0) is 20.9 Å². The van der Waals surface area contributed by atoms with Crippen LogP contribution in [-0.4, -0.2) is 77.5 Å². The molecular weight excluding hydrogens is 563 g/mol. The SMILES string of the molecule is CCC(=O)C(=O)N(Cc1ccc(Cl)c(Cl)c1)C1C=C(C(=O)NCCO)C2c3cc(C=O)cc(OC)c3OC2C1O. The lowest BCUT2D eigenvalue weighted by molar-refractivity contribution is -0.148. The first-order valence-electron chi connectivity index (χ1n) is 12.5. The van der Waals surface area contributed by atoms with Gasteiger partial charge in [0.15, 0.2) is 11.5 Å². The average Bonchev–Trinajstić information content (AvgIpc) is 3.35. The molecule has 0 fully saturated rings. The lowest BCUT2D eigenvalue weighted by atomic mass is 9.77. The summed E-state index contributed by atoms with van der Waals surface area (Å²) in [6.07, 6.45) is -0.493. The largest absolute Gasteiger partial charge is 0.493 e. The van der Waals surface area contributed by atoms with Crippen LogP contribution in [0.5, 0.6) is 11.5 Å². The Morgan fingerprint density at radius 1 is 1.18 bits per heavy atom. The van der Waals surface area contributed by atoms with Crippen molar-refractivity contribution < 1.29 is 38.9 Å². The first kappa shape index (κ1) is 29.5. The highest BCUT2D eigenvalue weighted by Crippen LogP contribution is 2.51. The maximum Gasteiger partial charge on any atom is 0.290 e. The molecule has 1 aliphatic heterocycles. The molecule has 1 aliphatic carbocycles. The first-order chi connectivity index (χ1) is 19.1. The summed E-state index contributed by atoms with van der Waals surface area (Å²) in [7, 11) is 1.40. The summed E-state index contributed by atoms with van der Waals surface area (Å²) in [5.74, 6) is -2.48. The minimum Gasteiger partial charge on any atom is -0.493 e. The second kappa shape index (κ2) is 12.4. The Labute approximate surface area is 240 Å². The monoisotopic (exact) mass is 590 g/mol. The van der Waals surface area contributed by atoms with Crippen molar-refractivity contribution in [3.8, 4) is 11.5 Å². The molecule has 2 amide bonds. The van der Waals surface area contributed by atoms with Crippen LogP contribution in [0.15, 0.2) is 42.0 Å². The minimum absolute atomic E-state index is 0.0492. The number of carbonyl (C=O) groups is 4. The number of halogens is 2. The van der Waals surface area contributed by atoms with Gasteiger partial charge < -0.3 is 29.9 Å². The highest BCUT2D eigenvalue weighted by Gasteiger charge is 2.51. The summed E-state index contributed by atoms with van der Waals surface area (Å²) >= 11 is 12.2. The van der Waals surface area contributed by atoms with Gasteiger partial charge in [-0.25, -0.2) is 0 Å². The lowest BCUT2D eigenvalue weighted by Crippen LogP contribution is -2.56. The maximum absolute atomic E-state index is 13.4. The molecule has 3 N–H and O–H groups in total. The summed E-state index contributed by atoms with van der Waals surface area (Å²) in [5, 5.41) is 24.1. The number of amides is 2. The van der Waals surface area contributed by atoms with Crippen LogP contribution in [0.2, 0.25) is 10.0 Å². The zero-order chi connectivity index (χ0) is 29.1. The van der Waals surface area contributed by atoms with Crippen molar-refractivity contribution in [1.29, 1.82) is 0 Å². The molecule has 2 aromatic rings. The second-order valence-corrected chi connectivity index (χ2v) is 10.2.